The van der Waals surface area contributed by atoms with Crippen molar-refractivity contribution in [3.8, 4) is 11.4 Å². The zero-order chi connectivity index (χ0) is 24.4. The average molecular weight is 501 g/mol. The molecule has 12 heteroatoms. The van der Waals surface area contributed by atoms with Crippen molar-refractivity contribution in [1.82, 2.24) is 9.78 Å². The second kappa shape index (κ2) is 9.49. The maximum Gasteiger partial charge on any atom is 0.348 e. The molecule has 1 amide bonds. The number of nitro benzene ring substituents is 1. The molecular weight excluding hydrogens is 484 g/mol. The molecule has 1 N–H and O–H groups in total. The van der Waals surface area contributed by atoms with Crippen LogP contribution in [0.25, 0.3) is 15.9 Å². The van der Waals surface area contributed by atoms with Crippen LogP contribution in [0.1, 0.15) is 15.4 Å². The normalized spacial score (nSPS) is 10.8. The fourth-order valence-electron chi connectivity index (χ4n) is 3.20. The summed E-state index contributed by atoms with van der Waals surface area (Å²) in [7, 11) is 1.37. The highest BCUT2D eigenvalue weighted by molar-refractivity contribution is 7.20. The molecule has 0 bridgehead atoms. The van der Waals surface area contributed by atoms with Crippen LogP contribution in [0.5, 0.6) is 5.75 Å². The van der Waals surface area contributed by atoms with E-state index >= 15 is 0 Å². The number of rotatable bonds is 7. The first kappa shape index (κ1) is 23.2. The molecule has 4 rings (SSSR count). The van der Waals surface area contributed by atoms with Crippen LogP contribution in [0.2, 0.25) is 5.02 Å². The van der Waals surface area contributed by atoms with Crippen molar-refractivity contribution < 1.29 is 24.0 Å². The number of nitro groups is 1. The van der Waals surface area contributed by atoms with Crippen molar-refractivity contribution in [2.24, 2.45) is 0 Å². The Bertz CT molecular complexity index is 1410. The maximum absolute atomic E-state index is 12.6. The summed E-state index contributed by atoms with van der Waals surface area (Å²) in [6.07, 6.45) is 0. The third-order valence-corrected chi connectivity index (χ3v) is 6.16. The number of esters is 1. The third kappa shape index (κ3) is 4.70. The molecule has 2 aromatic heterocycles. The molecule has 0 radical (unpaired) electrons. The van der Waals surface area contributed by atoms with Gasteiger partial charge in [0.25, 0.3) is 11.6 Å². The Morgan fingerprint density at radius 2 is 1.94 bits per heavy atom. The average Bonchev–Trinajstić information content (AvgIpc) is 3.38. The summed E-state index contributed by atoms with van der Waals surface area (Å²) in [6, 6.07) is 12.6. The number of fused-ring (bicyclic) bond motifs is 1. The highest BCUT2D eigenvalue weighted by Crippen LogP contribution is 2.31. The van der Waals surface area contributed by atoms with Crippen molar-refractivity contribution in [3.63, 3.8) is 0 Å². The Labute approximate surface area is 201 Å². The van der Waals surface area contributed by atoms with Crippen LogP contribution >= 0.6 is 22.9 Å². The molecule has 0 atom stereocenters. The fraction of sp³-hybridized carbons (Fsp3) is 0.136. The number of benzene rings is 2. The van der Waals surface area contributed by atoms with E-state index in [1.165, 1.54) is 30.6 Å². The molecule has 0 aliphatic carbocycles. The Balaban J connectivity index is 1.47. The van der Waals surface area contributed by atoms with Crippen molar-refractivity contribution in [2.45, 2.75) is 6.92 Å². The van der Waals surface area contributed by atoms with E-state index < -0.39 is 23.4 Å². The van der Waals surface area contributed by atoms with Crippen LogP contribution < -0.4 is 10.1 Å². The first-order valence-electron chi connectivity index (χ1n) is 9.81. The first-order valence-corrected chi connectivity index (χ1v) is 11.0. The molecular formula is C22H17ClN4O6S. The molecule has 2 aromatic carbocycles. The van der Waals surface area contributed by atoms with Gasteiger partial charge in [0, 0.05) is 22.5 Å². The minimum Gasteiger partial charge on any atom is -0.495 e. The van der Waals surface area contributed by atoms with E-state index in [1.807, 2.05) is 19.1 Å². The van der Waals surface area contributed by atoms with E-state index in [0.29, 0.717) is 9.90 Å². The molecule has 0 aliphatic heterocycles. The number of hydrogen-bond acceptors (Lipinski definition) is 8. The SMILES string of the molecule is COc1ccc([N+](=O)[O-])cc1NC(=O)COC(=O)c1cc2c(C)nn(-c3ccc(Cl)cc3)c2s1. The summed E-state index contributed by atoms with van der Waals surface area (Å²) in [4.78, 5) is 36.3. The van der Waals surface area contributed by atoms with Gasteiger partial charge in [-0.2, -0.15) is 5.10 Å². The second-order valence-corrected chi connectivity index (χ2v) is 8.54. The minimum absolute atomic E-state index is 0.0956. The summed E-state index contributed by atoms with van der Waals surface area (Å²) in [5, 5.41) is 19.4. The summed E-state index contributed by atoms with van der Waals surface area (Å²) in [6.45, 7) is 1.25. The zero-order valence-corrected chi connectivity index (χ0v) is 19.5. The number of hydrogen-bond donors (Lipinski definition) is 1. The molecule has 0 unspecified atom stereocenters. The van der Waals surface area contributed by atoms with Gasteiger partial charge in [-0.1, -0.05) is 11.6 Å². The molecule has 174 valence electrons. The van der Waals surface area contributed by atoms with Gasteiger partial charge in [0.15, 0.2) is 6.61 Å². The first-order chi connectivity index (χ1) is 16.3. The lowest BCUT2D eigenvalue weighted by Gasteiger charge is -2.10. The van der Waals surface area contributed by atoms with Crippen LogP contribution in [0.15, 0.2) is 48.5 Å². The number of carbonyl (C=O) groups excluding carboxylic acids is 2. The molecule has 0 saturated carbocycles. The highest BCUT2D eigenvalue weighted by Gasteiger charge is 2.20. The summed E-state index contributed by atoms with van der Waals surface area (Å²) in [5.41, 5.74) is 1.40. The van der Waals surface area contributed by atoms with E-state index in [4.69, 9.17) is 21.1 Å². The smallest absolute Gasteiger partial charge is 0.348 e. The molecule has 0 spiro atoms. The zero-order valence-electron chi connectivity index (χ0n) is 17.9. The number of amides is 1. The number of nitrogens with one attached hydrogen (secondary N) is 1. The number of halogens is 1. The topological polar surface area (TPSA) is 126 Å². The third-order valence-electron chi connectivity index (χ3n) is 4.82. The molecule has 0 fully saturated rings. The summed E-state index contributed by atoms with van der Waals surface area (Å²) < 4.78 is 12.0. The van der Waals surface area contributed by atoms with E-state index in [0.717, 1.165) is 27.7 Å². The van der Waals surface area contributed by atoms with E-state index in [2.05, 4.69) is 10.4 Å². The Morgan fingerprint density at radius 1 is 1.21 bits per heavy atom. The van der Waals surface area contributed by atoms with Crippen LogP contribution in [-0.4, -0.2) is 40.3 Å². The summed E-state index contributed by atoms with van der Waals surface area (Å²) >= 11 is 7.15. The van der Waals surface area contributed by atoms with Crippen LogP contribution in [0.3, 0.4) is 0 Å². The van der Waals surface area contributed by atoms with Crippen LogP contribution in [-0.2, 0) is 9.53 Å². The predicted octanol–water partition coefficient (Wildman–Crippen LogP) is 4.76. The monoisotopic (exact) mass is 500 g/mol. The molecule has 0 saturated heterocycles. The predicted molar refractivity (Wildman–Crippen MR) is 127 cm³/mol. The van der Waals surface area contributed by atoms with Crippen molar-refractivity contribution in [1.29, 1.82) is 0 Å². The van der Waals surface area contributed by atoms with Gasteiger partial charge >= 0.3 is 5.97 Å². The van der Waals surface area contributed by atoms with Gasteiger partial charge in [-0.05, 0) is 43.3 Å². The Hall–Kier alpha value is -3.96. The number of anilines is 1. The Morgan fingerprint density at radius 3 is 2.62 bits per heavy atom. The number of ether oxygens (including phenoxy) is 2. The molecule has 2 heterocycles. The molecule has 0 aliphatic rings. The van der Waals surface area contributed by atoms with Crippen molar-refractivity contribution >= 4 is 56.4 Å². The van der Waals surface area contributed by atoms with E-state index in [-0.39, 0.29) is 17.1 Å². The lowest BCUT2D eigenvalue weighted by molar-refractivity contribution is -0.384. The van der Waals surface area contributed by atoms with E-state index in [1.54, 1.807) is 22.9 Å². The van der Waals surface area contributed by atoms with Crippen molar-refractivity contribution in [3.05, 3.63) is 74.2 Å². The summed E-state index contributed by atoms with van der Waals surface area (Å²) in [5.74, 6) is -1.11. The number of non-ortho nitro benzene ring substituents is 1. The highest BCUT2D eigenvalue weighted by atomic mass is 35.5. The fourth-order valence-corrected chi connectivity index (χ4v) is 4.40. The number of carbonyl (C=O) groups is 2. The number of aryl methyl sites for hydroxylation is 1. The van der Waals surface area contributed by atoms with Gasteiger partial charge in [-0.25, -0.2) is 9.48 Å². The number of methoxy groups -OCH3 is 1. The van der Waals surface area contributed by atoms with Crippen LogP contribution in [0.4, 0.5) is 11.4 Å². The Kier molecular flexibility index (Phi) is 6.48. The van der Waals surface area contributed by atoms with Crippen LogP contribution in [0, 0.1) is 17.0 Å². The van der Waals surface area contributed by atoms with Gasteiger partial charge in [-0.15, -0.1) is 11.3 Å². The maximum atomic E-state index is 12.6. The van der Waals surface area contributed by atoms with Gasteiger partial charge in [0.2, 0.25) is 0 Å². The molecule has 34 heavy (non-hydrogen) atoms. The lowest BCUT2D eigenvalue weighted by Crippen LogP contribution is -2.21. The van der Waals surface area contributed by atoms with Gasteiger partial charge < -0.3 is 14.8 Å². The standard InChI is InChI=1S/C22H17ClN4O6S/c1-12-16-10-19(34-21(16)26(25-12)14-5-3-13(23)4-6-14)22(29)33-11-20(28)24-17-9-15(27(30)31)7-8-18(17)32-2/h3-10H,11H2,1-2H3,(H,24,28). The molecule has 10 nitrogen and oxygen atoms in total. The minimum atomic E-state index is -0.676. The number of aromatic nitrogens is 2. The van der Waals surface area contributed by atoms with Gasteiger partial charge in [0.1, 0.15) is 15.5 Å². The molecule has 4 aromatic rings. The second-order valence-electron chi connectivity index (χ2n) is 7.07. The van der Waals surface area contributed by atoms with E-state index in [9.17, 15) is 19.7 Å². The largest absolute Gasteiger partial charge is 0.495 e. The van der Waals surface area contributed by atoms with Crippen molar-refractivity contribution in [2.75, 3.05) is 19.0 Å². The number of thiophene rings is 1. The van der Waals surface area contributed by atoms with Gasteiger partial charge in [0.05, 0.1) is 29.1 Å². The van der Waals surface area contributed by atoms with Gasteiger partial charge in [-0.3, -0.25) is 14.9 Å². The lowest BCUT2D eigenvalue weighted by atomic mass is 10.2. The quantitative estimate of drug-likeness (QED) is 0.220. The number of nitrogens with zero attached hydrogens (tertiary/aromatic N) is 3.